The fourth-order valence-corrected chi connectivity index (χ4v) is 1.82. The molecule has 2 rings (SSSR count). The van der Waals surface area contributed by atoms with Gasteiger partial charge in [-0.3, -0.25) is 0 Å². The molecule has 0 spiro atoms. The normalized spacial score (nSPS) is 10.4. The second-order valence-corrected chi connectivity index (χ2v) is 3.72. The highest BCUT2D eigenvalue weighted by molar-refractivity contribution is 5.67. The quantitative estimate of drug-likeness (QED) is 0.821. The average molecular weight is 213 g/mol. The van der Waals surface area contributed by atoms with Crippen LogP contribution in [0.15, 0.2) is 48.5 Å². The van der Waals surface area contributed by atoms with E-state index < -0.39 is 0 Å². The van der Waals surface area contributed by atoms with Crippen molar-refractivity contribution < 1.29 is 5.11 Å². The predicted octanol–water partition coefficient (Wildman–Crippen LogP) is 2.30. The lowest BCUT2D eigenvalue weighted by Crippen LogP contribution is -1.98. The third kappa shape index (κ3) is 2.13. The SMILES string of the molecule is NCc1ccccc1-c1cccc(CO)c1. The molecule has 2 aromatic rings. The Bertz CT molecular complexity index is 480. The van der Waals surface area contributed by atoms with Crippen molar-refractivity contribution in [2.45, 2.75) is 13.2 Å². The number of benzene rings is 2. The fourth-order valence-electron chi connectivity index (χ4n) is 1.82. The Kier molecular flexibility index (Phi) is 3.34. The van der Waals surface area contributed by atoms with Crippen LogP contribution >= 0.6 is 0 Å². The van der Waals surface area contributed by atoms with Crippen LogP contribution in [0.2, 0.25) is 0 Å². The molecule has 0 saturated heterocycles. The summed E-state index contributed by atoms with van der Waals surface area (Å²) >= 11 is 0. The zero-order valence-corrected chi connectivity index (χ0v) is 9.06. The van der Waals surface area contributed by atoms with Gasteiger partial charge in [0.2, 0.25) is 0 Å². The van der Waals surface area contributed by atoms with Crippen molar-refractivity contribution in [3.05, 3.63) is 59.7 Å². The van der Waals surface area contributed by atoms with E-state index in [1.807, 2.05) is 42.5 Å². The number of hydrogen-bond donors (Lipinski definition) is 2. The minimum Gasteiger partial charge on any atom is -0.392 e. The lowest BCUT2D eigenvalue weighted by atomic mass is 9.98. The van der Waals surface area contributed by atoms with Gasteiger partial charge in [-0.2, -0.15) is 0 Å². The van der Waals surface area contributed by atoms with Crippen molar-refractivity contribution in [1.82, 2.24) is 0 Å². The van der Waals surface area contributed by atoms with E-state index in [1.165, 1.54) is 0 Å². The van der Waals surface area contributed by atoms with Crippen LogP contribution in [0.1, 0.15) is 11.1 Å². The zero-order valence-electron chi connectivity index (χ0n) is 9.06. The first-order valence-electron chi connectivity index (χ1n) is 5.33. The lowest BCUT2D eigenvalue weighted by molar-refractivity contribution is 0.282. The Morgan fingerprint density at radius 1 is 1.00 bits per heavy atom. The maximum atomic E-state index is 9.11. The molecule has 0 amide bonds. The maximum absolute atomic E-state index is 9.11. The van der Waals surface area contributed by atoms with E-state index in [1.54, 1.807) is 0 Å². The van der Waals surface area contributed by atoms with Gasteiger partial charge in [0.1, 0.15) is 0 Å². The third-order valence-electron chi connectivity index (χ3n) is 2.66. The third-order valence-corrected chi connectivity index (χ3v) is 2.66. The van der Waals surface area contributed by atoms with Gasteiger partial charge in [0.15, 0.2) is 0 Å². The Morgan fingerprint density at radius 3 is 2.56 bits per heavy atom. The van der Waals surface area contributed by atoms with E-state index in [2.05, 4.69) is 6.07 Å². The molecule has 0 radical (unpaired) electrons. The summed E-state index contributed by atoms with van der Waals surface area (Å²) in [6, 6.07) is 16.0. The molecule has 0 unspecified atom stereocenters. The smallest absolute Gasteiger partial charge is 0.0682 e. The highest BCUT2D eigenvalue weighted by atomic mass is 16.3. The molecule has 2 nitrogen and oxygen atoms in total. The van der Waals surface area contributed by atoms with Crippen molar-refractivity contribution >= 4 is 0 Å². The van der Waals surface area contributed by atoms with Crippen LogP contribution in [0.5, 0.6) is 0 Å². The molecule has 82 valence electrons. The van der Waals surface area contributed by atoms with E-state index in [-0.39, 0.29) is 6.61 Å². The van der Waals surface area contributed by atoms with Crippen molar-refractivity contribution in [3.63, 3.8) is 0 Å². The van der Waals surface area contributed by atoms with Crippen molar-refractivity contribution in [2.75, 3.05) is 0 Å². The highest BCUT2D eigenvalue weighted by Crippen LogP contribution is 2.24. The average Bonchev–Trinajstić information content (AvgIpc) is 2.38. The summed E-state index contributed by atoms with van der Waals surface area (Å²) in [4.78, 5) is 0. The monoisotopic (exact) mass is 213 g/mol. The van der Waals surface area contributed by atoms with Gasteiger partial charge in [-0.05, 0) is 28.3 Å². The molecule has 0 fully saturated rings. The topological polar surface area (TPSA) is 46.2 Å². The molecule has 16 heavy (non-hydrogen) atoms. The van der Waals surface area contributed by atoms with E-state index in [0.717, 1.165) is 22.3 Å². The molecule has 0 saturated carbocycles. The number of aliphatic hydroxyl groups is 1. The Balaban J connectivity index is 2.49. The van der Waals surface area contributed by atoms with Crippen molar-refractivity contribution in [3.8, 4) is 11.1 Å². The molecular formula is C14H15NO. The minimum atomic E-state index is 0.0681. The standard InChI is InChI=1S/C14H15NO/c15-9-13-5-1-2-7-14(13)12-6-3-4-11(8-12)10-16/h1-8,16H,9-10,15H2. The van der Waals surface area contributed by atoms with Gasteiger partial charge < -0.3 is 10.8 Å². The van der Waals surface area contributed by atoms with Crippen LogP contribution in [0.25, 0.3) is 11.1 Å². The van der Waals surface area contributed by atoms with E-state index in [9.17, 15) is 0 Å². The van der Waals surface area contributed by atoms with Crippen LogP contribution in [0, 0.1) is 0 Å². The van der Waals surface area contributed by atoms with Gasteiger partial charge >= 0.3 is 0 Å². The fraction of sp³-hybridized carbons (Fsp3) is 0.143. The molecule has 0 atom stereocenters. The van der Waals surface area contributed by atoms with Gasteiger partial charge in [-0.1, -0.05) is 42.5 Å². The molecule has 0 heterocycles. The Morgan fingerprint density at radius 2 is 1.81 bits per heavy atom. The highest BCUT2D eigenvalue weighted by Gasteiger charge is 2.03. The van der Waals surface area contributed by atoms with E-state index in [0.29, 0.717) is 6.54 Å². The van der Waals surface area contributed by atoms with E-state index in [4.69, 9.17) is 10.8 Å². The Hall–Kier alpha value is -1.64. The molecule has 2 aromatic carbocycles. The van der Waals surface area contributed by atoms with Crippen LogP contribution in [0.4, 0.5) is 0 Å². The number of hydrogen-bond acceptors (Lipinski definition) is 2. The van der Waals surface area contributed by atoms with Gasteiger partial charge in [0.25, 0.3) is 0 Å². The summed E-state index contributed by atoms with van der Waals surface area (Å²) in [5.41, 5.74) is 10.00. The molecular weight excluding hydrogens is 198 g/mol. The van der Waals surface area contributed by atoms with Crippen LogP contribution in [-0.2, 0) is 13.2 Å². The summed E-state index contributed by atoms with van der Waals surface area (Å²) in [6.45, 7) is 0.595. The molecule has 0 aromatic heterocycles. The molecule has 2 heteroatoms. The van der Waals surface area contributed by atoms with E-state index >= 15 is 0 Å². The second-order valence-electron chi connectivity index (χ2n) is 3.72. The summed E-state index contributed by atoms with van der Waals surface area (Å²) in [5, 5.41) is 9.11. The largest absolute Gasteiger partial charge is 0.392 e. The summed E-state index contributed by atoms with van der Waals surface area (Å²) < 4.78 is 0. The maximum Gasteiger partial charge on any atom is 0.0682 e. The molecule has 0 aliphatic heterocycles. The van der Waals surface area contributed by atoms with Gasteiger partial charge in [-0.15, -0.1) is 0 Å². The summed E-state index contributed by atoms with van der Waals surface area (Å²) in [7, 11) is 0. The van der Waals surface area contributed by atoms with Gasteiger partial charge in [0.05, 0.1) is 6.61 Å². The number of aliphatic hydroxyl groups excluding tert-OH is 1. The molecule has 0 bridgehead atoms. The molecule has 0 aliphatic carbocycles. The minimum absolute atomic E-state index is 0.0681. The summed E-state index contributed by atoms with van der Waals surface area (Å²) in [5.74, 6) is 0. The molecule has 3 N–H and O–H groups in total. The van der Waals surface area contributed by atoms with Gasteiger partial charge in [-0.25, -0.2) is 0 Å². The summed E-state index contributed by atoms with van der Waals surface area (Å²) in [6.07, 6.45) is 0. The predicted molar refractivity (Wildman–Crippen MR) is 65.7 cm³/mol. The van der Waals surface area contributed by atoms with Crippen molar-refractivity contribution in [1.29, 1.82) is 0 Å². The zero-order chi connectivity index (χ0) is 11.4. The first kappa shape index (κ1) is 10.9. The van der Waals surface area contributed by atoms with Crippen LogP contribution < -0.4 is 5.73 Å². The van der Waals surface area contributed by atoms with Gasteiger partial charge in [0, 0.05) is 6.54 Å². The Labute approximate surface area is 95.4 Å². The number of nitrogens with two attached hydrogens (primary N) is 1. The van der Waals surface area contributed by atoms with Crippen LogP contribution in [0.3, 0.4) is 0 Å². The number of rotatable bonds is 3. The first-order chi connectivity index (χ1) is 7.85. The molecule has 0 aliphatic rings. The second kappa shape index (κ2) is 4.92. The van der Waals surface area contributed by atoms with Crippen molar-refractivity contribution in [2.24, 2.45) is 5.73 Å². The lowest BCUT2D eigenvalue weighted by Gasteiger charge is -2.08. The first-order valence-corrected chi connectivity index (χ1v) is 5.33. The van der Waals surface area contributed by atoms with Crippen LogP contribution in [-0.4, -0.2) is 5.11 Å².